The number of carboxylic acid groups (broad SMARTS) is 1. The Balaban J connectivity index is 2.13. The first-order valence-corrected chi connectivity index (χ1v) is 11.0. The molecule has 10 nitrogen and oxygen atoms in total. The van der Waals surface area contributed by atoms with Crippen LogP contribution in [0.25, 0.3) is 10.8 Å². The molecule has 0 aliphatic heterocycles. The van der Waals surface area contributed by atoms with Crippen molar-refractivity contribution in [3.63, 3.8) is 0 Å². The van der Waals surface area contributed by atoms with Crippen molar-refractivity contribution in [1.82, 2.24) is 9.29 Å². The van der Waals surface area contributed by atoms with E-state index in [-0.39, 0.29) is 28.2 Å². The van der Waals surface area contributed by atoms with E-state index in [0.29, 0.717) is 22.1 Å². The molecule has 32 heavy (non-hydrogen) atoms. The van der Waals surface area contributed by atoms with Crippen LogP contribution in [0.3, 0.4) is 0 Å². The number of pyridine rings is 1. The van der Waals surface area contributed by atoms with Gasteiger partial charge in [0.05, 0.1) is 17.0 Å². The Kier molecular flexibility index (Phi) is 6.82. The highest BCUT2D eigenvalue weighted by Gasteiger charge is 2.28. The number of carboxylic acids is 1. The summed E-state index contributed by atoms with van der Waals surface area (Å²) in [6, 6.07) is 10.9. The lowest BCUT2D eigenvalue weighted by atomic mass is 10.1. The molecule has 168 valence electrons. The third-order valence-electron chi connectivity index (χ3n) is 4.51. The summed E-state index contributed by atoms with van der Waals surface area (Å²) in [6.45, 7) is -0.974. The summed E-state index contributed by atoms with van der Waals surface area (Å²) >= 11 is 6.18. The van der Waals surface area contributed by atoms with Gasteiger partial charge in [0, 0.05) is 29.1 Å². The monoisotopic (exact) mass is 477 g/mol. The summed E-state index contributed by atoms with van der Waals surface area (Å²) < 4.78 is 32.9. The molecule has 0 saturated carbocycles. The van der Waals surface area contributed by atoms with Crippen molar-refractivity contribution in [2.75, 3.05) is 13.7 Å². The van der Waals surface area contributed by atoms with Gasteiger partial charge in [0.15, 0.2) is 11.8 Å². The fraction of sp³-hybridized carbons (Fsp3) is 0.150. The van der Waals surface area contributed by atoms with Crippen LogP contribution in [0, 0.1) is 0 Å². The molecular formula is C20H20ClN5O5S. The SMILES string of the molecule is COc1ccccc1CN(CC(=O)O)S(=O)(=O)c1ccc2c(Cl)cnc(N=C(N)N)c2c1. The van der Waals surface area contributed by atoms with Gasteiger partial charge < -0.3 is 21.3 Å². The third-order valence-corrected chi connectivity index (χ3v) is 6.60. The maximum atomic E-state index is 13.4. The average Bonchev–Trinajstić information content (AvgIpc) is 2.75. The van der Waals surface area contributed by atoms with E-state index in [1.54, 1.807) is 24.3 Å². The fourth-order valence-electron chi connectivity index (χ4n) is 3.09. The number of carbonyl (C=O) groups is 1. The molecule has 12 heteroatoms. The van der Waals surface area contributed by atoms with Gasteiger partial charge in [-0.2, -0.15) is 9.30 Å². The van der Waals surface area contributed by atoms with Crippen molar-refractivity contribution < 1.29 is 23.1 Å². The molecule has 0 atom stereocenters. The predicted octanol–water partition coefficient (Wildman–Crippen LogP) is 2.08. The minimum Gasteiger partial charge on any atom is -0.496 e. The Morgan fingerprint density at radius 1 is 1.22 bits per heavy atom. The van der Waals surface area contributed by atoms with Gasteiger partial charge in [-0.05, 0) is 18.2 Å². The zero-order chi connectivity index (χ0) is 23.5. The van der Waals surface area contributed by atoms with Crippen LogP contribution in [0.5, 0.6) is 5.75 Å². The lowest BCUT2D eigenvalue weighted by Gasteiger charge is -2.22. The molecule has 0 aliphatic carbocycles. The van der Waals surface area contributed by atoms with Crippen molar-refractivity contribution >= 4 is 50.1 Å². The average molecular weight is 478 g/mol. The lowest BCUT2D eigenvalue weighted by Crippen LogP contribution is -2.35. The third kappa shape index (κ3) is 4.90. The van der Waals surface area contributed by atoms with E-state index in [1.165, 1.54) is 31.5 Å². The normalized spacial score (nSPS) is 11.5. The molecule has 0 bridgehead atoms. The summed E-state index contributed by atoms with van der Waals surface area (Å²) in [6.07, 6.45) is 1.35. The van der Waals surface area contributed by atoms with Crippen molar-refractivity contribution in [3.8, 4) is 5.75 Å². The van der Waals surface area contributed by atoms with E-state index in [1.807, 2.05) is 0 Å². The molecule has 3 aromatic rings. The minimum atomic E-state index is -4.25. The molecule has 3 rings (SSSR count). The second-order valence-corrected chi connectivity index (χ2v) is 9.00. The Morgan fingerprint density at radius 2 is 1.94 bits per heavy atom. The summed E-state index contributed by atoms with van der Waals surface area (Å²) in [5.74, 6) is -1.06. The highest BCUT2D eigenvalue weighted by molar-refractivity contribution is 7.89. The molecule has 2 aromatic carbocycles. The predicted molar refractivity (Wildman–Crippen MR) is 120 cm³/mol. The number of halogens is 1. The quantitative estimate of drug-likeness (QED) is 0.328. The largest absolute Gasteiger partial charge is 0.496 e. The first-order valence-electron chi connectivity index (χ1n) is 9.15. The summed E-state index contributed by atoms with van der Waals surface area (Å²) in [7, 11) is -2.81. The fourth-order valence-corrected chi connectivity index (χ4v) is 4.70. The standard InChI is InChI=1S/C20H20ClN5O5S/c1-31-17-5-3-2-4-12(17)10-26(11-18(27)28)32(29,30)13-6-7-14-15(8-13)19(25-20(22)23)24-9-16(14)21/h2-9H,10-11H2,1H3,(H,27,28)(H4,22,23,24,25). The number of hydrogen-bond acceptors (Lipinski definition) is 6. The van der Waals surface area contributed by atoms with Crippen LogP contribution in [-0.2, 0) is 21.4 Å². The number of nitrogens with two attached hydrogens (primary N) is 2. The van der Waals surface area contributed by atoms with E-state index in [4.69, 9.17) is 27.8 Å². The smallest absolute Gasteiger partial charge is 0.318 e. The molecule has 0 amide bonds. The van der Waals surface area contributed by atoms with E-state index in [9.17, 15) is 18.3 Å². The number of rotatable bonds is 8. The van der Waals surface area contributed by atoms with E-state index in [2.05, 4.69) is 9.98 Å². The van der Waals surface area contributed by atoms with Crippen LogP contribution in [0.15, 0.2) is 58.5 Å². The lowest BCUT2D eigenvalue weighted by molar-refractivity contribution is -0.137. The molecular weight excluding hydrogens is 458 g/mol. The number of hydrogen-bond donors (Lipinski definition) is 3. The summed E-state index contributed by atoms with van der Waals surface area (Å²) in [5, 5.41) is 10.4. The Morgan fingerprint density at radius 3 is 2.59 bits per heavy atom. The number of aliphatic carboxylic acids is 1. The van der Waals surface area contributed by atoms with Gasteiger partial charge in [0.1, 0.15) is 12.3 Å². The molecule has 0 saturated heterocycles. The van der Waals surface area contributed by atoms with Crippen LogP contribution in [0.1, 0.15) is 5.56 Å². The highest BCUT2D eigenvalue weighted by atomic mass is 35.5. The second-order valence-electron chi connectivity index (χ2n) is 6.65. The minimum absolute atomic E-state index is 0.0796. The molecule has 0 unspecified atom stereocenters. The topological polar surface area (TPSA) is 161 Å². The zero-order valence-corrected chi connectivity index (χ0v) is 18.5. The zero-order valence-electron chi connectivity index (χ0n) is 16.9. The molecule has 0 aliphatic rings. The van der Waals surface area contributed by atoms with Crippen LogP contribution in [-0.4, -0.2) is 48.4 Å². The number of fused-ring (bicyclic) bond motifs is 1. The molecule has 0 spiro atoms. The van der Waals surface area contributed by atoms with Crippen molar-refractivity contribution in [1.29, 1.82) is 0 Å². The van der Waals surface area contributed by atoms with Crippen molar-refractivity contribution in [2.24, 2.45) is 16.5 Å². The van der Waals surface area contributed by atoms with Gasteiger partial charge in [-0.25, -0.2) is 13.4 Å². The molecule has 1 aromatic heterocycles. The maximum Gasteiger partial charge on any atom is 0.318 e. The number of sulfonamides is 1. The summed E-state index contributed by atoms with van der Waals surface area (Å²) in [5.41, 5.74) is 11.4. The number of ether oxygens (including phenoxy) is 1. The highest BCUT2D eigenvalue weighted by Crippen LogP contribution is 2.33. The summed E-state index contributed by atoms with van der Waals surface area (Å²) in [4.78, 5) is 19.3. The van der Waals surface area contributed by atoms with Gasteiger partial charge in [-0.1, -0.05) is 35.9 Å². The van der Waals surface area contributed by atoms with Crippen LogP contribution in [0.2, 0.25) is 5.02 Å². The van der Waals surface area contributed by atoms with E-state index >= 15 is 0 Å². The van der Waals surface area contributed by atoms with Crippen LogP contribution >= 0.6 is 11.6 Å². The Bertz CT molecular complexity index is 1310. The first kappa shape index (κ1) is 23.3. The van der Waals surface area contributed by atoms with Gasteiger partial charge in [0.25, 0.3) is 0 Å². The van der Waals surface area contributed by atoms with Crippen molar-refractivity contribution in [2.45, 2.75) is 11.4 Å². The van der Waals surface area contributed by atoms with Gasteiger partial charge in [0.2, 0.25) is 10.0 Å². The number of methoxy groups -OCH3 is 1. The number of benzene rings is 2. The van der Waals surface area contributed by atoms with Gasteiger partial charge in [-0.15, -0.1) is 0 Å². The molecule has 1 heterocycles. The maximum absolute atomic E-state index is 13.4. The molecule has 5 N–H and O–H groups in total. The molecule has 0 radical (unpaired) electrons. The van der Waals surface area contributed by atoms with Gasteiger partial charge >= 0.3 is 5.97 Å². The van der Waals surface area contributed by atoms with Gasteiger partial charge in [-0.3, -0.25) is 4.79 Å². The van der Waals surface area contributed by atoms with Crippen LogP contribution < -0.4 is 16.2 Å². The van der Waals surface area contributed by atoms with E-state index < -0.39 is 22.5 Å². The van der Waals surface area contributed by atoms with E-state index in [0.717, 1.165) is 4.31 Å². The van der Waals surface area contributed by atoms with Crippen molar-refractivity contribution in [3.05, 3.63) is 59.2 Å². The first-order chi connectivity index (χ1) is 15.1. The molecule has 0 fully saturated rings. The second kappa shape index (κ2) is 9.39. The number of para-hydroxylation sites is 1. The number of nitrogens with zero attached hydrogens (tertiary/aromatic N) is 3. The number of aliphatic imine (C=N–C) groups is 1. The number of aromatic nitrogens is 1. The Labute approximate surface area is 189 Å². The number of guanidine groups is 1. The Hall–Kier alpha value is -3.41. The van der Waals surface area contributed by atoms with Crippen LogP contribution in [0.4, 0.5) is 5.82 Å².